The number of hydrogen-bond donors (Lipinski definition) is 3. The predicted octanol–water partition coefficient (Wildman–Crippen LogP) is 2.90. The van der Waals surface area contributed by atoms with Crippen molar-refractivity contribution in [3.63, 3.8) is 0 Å². The Labute approximate surface area is 183 Å². The normalized spacial score (nSPS) is 11.3. The minimum atomic E-state index is -3.72. The van der Waals surface area contributed by atoms with Crippen molar-refractivity contribution < 1.29 is 13.2 Å². The van der Waals surface area contributed by atoms with E-state index in [-0.39, 0.29) is 16.6 Å². The largest absolute Gasteiger partial charge is 0.351 e. The number of carbonyl (C=O) groups is 1. The number of sulfonamides is 1. The third-order valence-corrected chi connectivity index (χ3v) is 6.99. The van der Waals surface area contributed by atoms with Crippen LogP contribution in [0.4, 0.5) is 10.8 Å². The van der Waals surface area contributed by atoms with Crippen molar-refractivity contribution in [2.75, 3.05) is 11.1 Å². The van der Waals surface area contributed by atoms with Crippen molar-refractivity contribution in [2.45, 2.75) is 29.1 Å². The van der Waals surface area contributed by atoms with Gasteiger partial charge in [-0.25, -0.2) is 13.6 Å². The molecule has 3 rings (SSSR count). The van der Waals surface area contributed by atoms with E-state index in [0.29, 0.717) is 16.0 Å². The van der Waals surface area contributed by atoms with Gasteiger partial charge in [-0.1, -0.05) is 54.3 Å². The maximum absolute atomic E-state index is 12.1. The third-order valence-electron chi connectivity index (χ3n) is 4.09. The Balaban J connectivity index is 1.44. The van der Waals surface area contributed by atoms with Crippen LogP contribution in [-0.2, 0) is 27.8 Å². The highest BCUT2D eigenvalue weighted by Gasteiger charge is 2.10. The van der Waals surface area contributed by atoms with Crippen molar-refractivity contribution >= 4 is 49.8 Å². The second-order valence-corrected chi connectivity index (χ2v) is 10.1. The fourth-order valence-electron chi connectivity index (χ4n) is 2.44. The topological polar surface area (TPSA) is 127 Å². The number of nitrogens with zero attached hydrogens (tertiary/aromatic N) is 2. The summed E-state index contributed by atoms with van der Waals surface area (Å²) in [5.74, 6) is 0.0464. The van der Waals surface area contributed by atoms with Crippen molar-refractivity contribution in [2.24, 2.45) is 5.14 Å². The molecule has 11 heteroatoms. The van der Waals surface area contributed by atoms with Gasteiger partial charge in [-0.3, -0.25) is 4.79 Å². The van der Waals surface area contributed by atoms with Crippen LogP contribution in [-0.4, -0.2) is 30.3 Å². The van der Waals surface area contributed by atoms with Crippen LogP contribution < -0.4 is 15.8 Å². The van der Waals surface area contributed by atoms with Crippen LogP contribution in [0.2, 0.25) is 0 Å². The van der Waals surface area contributed by atoms with Gasteiger partial charge in [-0.2, -0.15) is 0 Å². The van der Waals surface area contributed by atoms with Gasteiger partial charge in [0.2, 0.25) is 21.1 Å². The summed E-state index contributed by atoms with van der Waals surface area (Å²) in [7, 11) is -3.72. The summed E-state index contributed by atoms with van der Waals surface area (Å²) < 4.78 is 23.2. The fourth-order valence-corrected chi connectivity index (χ4v) is 4.56. The third kappa shape index (κ3) is 6.52. The first-order valence-electron chi connectivity index (χ1n) is 9.04. The van der Waals surface area contributed by atoms with Gasteiger partial charge in [0.05, 0.1) is 10.6 Å². The minimum absolute atomic E-state index is 0.0372. The van der Waals surface area contributed by atoms with Gasteiger partial charge in [-0.05, 0) is 41.8 Å². The molecule has 0 saturated carbocycles. The molecule has 2 aromatic carbocycles. The van der Waals surface area contributed by atoms with Crippen molar-refractivity contribution in [1.82, 2.24) is 15.5 Å². The SMILES string of the molecule is CCc1ccc(Nc2nnc(SCC(=O)NCc3ccc(S(N)(=O)=O)cc3)s2)cc1. The Morgan fingerprint density at radius 2 is 1.73 bits per heavy atom. The van der Waals surface area contributed by atoms with Crippen molar-refractivity contribution in [1.29, 1.82) is 0 Å². The van der Waals surface area contributed by atoms with Crippen molar-refractivity contribution in [3.05, 3.63) is 59.7 Å². The van der Waals surface area contributed by atoms with Gasteiger partial charge in [0.25, 0.3) is 0 Å². The molecule has 0 spiro atoms. The van der Waals surface area contributed by atoms with Crippen LogP contribution in [0.3, 0.4) is 0 Å². The Hall–Kier alpha value is -2.47. The average Bonchev–Trinajstić information content (AvgIpc) is 3.18. The number of aryl methyl sites for hydroxylation is 1. The molecule has 0 saturated heterocycles. The number of benzene rings is 2. The Morgan fingerprint density at radius 1 is 1.07 bits per heavy atom. The molecule has 0 atom stereocenters. The maximum Gasteiger partial charge on any atom is 0.238 e. The van der Waals surface area contributed by atoms with Gasteiger partial charge in [0.1, 0.15) is 0 Å². The minimum Gasteiger partial charge on any atom is -0.351 e. The molecule has 1 aromatic heterocycles. The Bertz CT molecular complexity index is 1100. The first-order valence-corrected chi connectivity index (χ1v) is 12.4. The van der Waals surface area contributed by atoms with Gasteiger partial charge >= 0.3 is 0 Å². The smallest absolute Gasteiger partial charge is 0.238 e. The second kappa shape index (κ2) is 10.0. The van der Waals surface area contributed by atoms with E-state index in [1.807, 2.05) is 12.1 Å². The molecule has 8 nitrogen and oxygen atoms in total. The quantitative estimate of drug-likeness (QED) is 0.416. The lowest BCUT2D eigenvalue weighted by atomic mass is 10.1. The number of rotatable bonds is 9. The average molecular weight is 464 g/mol. The molecule has 0 radical (unpaired) electrons. The molecule has 0 fully saturated rings. The van der Waals surface area contributed by atoms with Crippen LogP contribution in [0.1, 0.15) is 18.1 Å². The molecular formula is C19H21N5O3S3. The summed E-state index contributed by atoms with van der Waals surface area (Å²) in [4.78, 5) is 12.1. The van der Waals surface area contributed by atoms with E-state index in [1.54, 1.807) is 12.1 Å². The fraction of sp³-hybridized carbons (Fsp3) is 0.211. The van der Waals surface area contributed by atoms with Gasteiger partial charge in [-0.15, -0.1) is 10.2 Å². The van der Waals surface area contributed by atoms with Crippen LogP contribution in [0.5, 0.6) is 0 Å². The van der Waals surface area contributed by atoms with E-state index in [0.717, 1.165) is 17.7 Å². The zero-order valence-electron chi connectivity index (χ0n) is 16.2. The monoisotopic (exact) mass is 463 g/mol. The van der Waals surface area contributed by atoms with E-state index >= 15 is 0 Å². The standard InChI is InChI=1S/C19H21N5O3S3/c1-2-13-3-7-15(8-4-13)22-18-23-24-19(29-18)28-12-17(25)21-11-14-5-9-16(10-6-14)30(20,26)27/h3-10H,2,11-12H2,1H3,(H,21,25)(H,22,23)(H2,20,26,27). The lowest BCUT2D eigenvalue weighted by molar-refractivity contribution is -0.118. The molecule has 4 N–H and O–H groups in total. The summed E-state index contributed by atoms with van der Waals surface area (Å²) in [6.45, 7) is 2.40. The predicted molar refractivity (Wildman–Crippen MR) is 119 cm³/mol. The molecule has 3 aromatic rings. The summed E-state index contributed by atoms with van der Waals surface area (Å²) in [5, 5.41) is 19.9. The Kier molecular flexibility index (Phi) is 7.43. The number of amides is 1. The number of aromatic nitrogens is 2. The van der Waals surface area contributed by atoms with Crippen LogP contribution in [0, 0.1) is 0 Å². The van der Waals surface area contributed by atoms with Crippen LogP contribution in [0.25, 0.3) is 0 Å². The molecule has 1 heterocycles. The maximum atomic E-state index is 12.1. The van der Waals surface area contributed by atoms with E-state index in [4.69, 9.17) is 5.14 Å². The number of nitrogens with two attached hydrogens (primary N) is 1. The van der Waals surface area contributed by atoms with Gasteiger partial charge in [0, 0.05) is 12.2 Å². The van der Waals surface area contributed by atoms with E-state index in [1.165, 1.54) is 40.8 Å². The van der Waals surface area contributed by atoms with Crippen molar-refractivity contribution in [3.8, 4) is 0 Å². The summed E-state index contributed by atoms with van der Waals surface area (Å²) in [5.41, 5.74) is 2.98. The zero-order valence-corrected chi connectivity index (χ0v) is 18.6. The lowest BCUT2D eigenvalue weighted by Crippen LogP contribution is -2.24. The second-order valence-electron chi connectivity index (χ2n) is 6.30. The molecule has 158 valence electrons. The van der Waals surface area contributed by atoms with Crippen LogP contribution >= 0.6 is 23.1 Å². The highest BCUT2D eigenvalue weighted by molar-refractivity contribution is 8.01. The highest BCUT2D eigenvalue weighted by Crippen LogP contribution is 2.27. The molecule has 30 heavy (non-hydrogen) atoms. The Morgan fingerprint density at radius 3 is 2.37 bits per heavy atom. The van der Waals surface area contributed by atoms with Gasteiger partial charge in [0.15, 0.2) is 4.34 Å². The number of primary sulfonamides is 1. The van der Waals surface area contributed by atoms with Gasteiger partial charge < -0.3 is 10.6 Å². The first kappa shape index (κ1) is 22.2. The van der Waals surface area contributed by atoms with E-state index < -0.39 is 10.0 Å². The number of thioether (sulfide) groups is 1. The molecule has 0 aliphatic carbocycles. The van der Waals surface area contributed by atoms with E-state index in [2.05, 4.69) is 39.9 Å². The van der Waals surface area contributed by atoms with E-state index in [9.17, 15) is 13.2 Å². The number of nitrogens with one attached hydrogen (secondary N) is 2. The molecule has 1 amide bonds. The number of carbonyl (C=O) groups excluding carboxylic acids is 1. The highest BCUT2D eigenvalue weighted by atomic mass is 32.2. The summed E-state index contributed by atoms with van der Waals surface area (Å²) in [6, 6.07) is 14.2. The molecular weight excluding hydrogens is 442 g/mol. The first-order chi connectivity index (χ1) is 14.3. The molecule has 0 aliphatic rings. The zero-order chi connectivity index (χ0) is 21.6. The molecule has 0 bridgehead atoms. The lowest BCUT2D eigenvalue weighted by Gasteiger charge is -2.05. The number of anilines is 2. The number of hydrogen-bond acceptors (Lipinski definition) is 8. The molecule has 0 aliphatic heterocycles. The molecule has 0 unspecified atom stereocenters. The summed E-state index contributed by atoms with van der Waals surface area (Å²) >= 11 is 2.68. The van der Waals surface area contributed by atoms with Crippen LogP contribution in [0.15, 0.2) is 57.8 Å². The summed E-state index contributed by atoms with van der Waals surface area (Å²) in [6.07, 6.45) is 0.989.